The number of hydrogen-bond donors (Lipinski definition) is 1. The molecule has 0 amide bonds. The summed E-state index contributed by atoms with van der Waals surface area (Å²) in [7, 11) is 0. The first kappa shape index (κ1) is 12.2. The maximum absolute atomic E-state index is 10.4. The van der Waals surface area contributed by atoms with Gasteiger partial charge < -0.3 is 10.3 Å². The predicted octanol–water partition coefficient (Wildman–Crippen LogP) is 1.87. The van der Waals surface area contributed by atoms with E-state index in [9.17, 15) is 4.79 Å². The number of aryl methyl sites for hydroxylation is 1. The van der Waals surface area contributed by atoms with Gasteiger partial charge in [0.1, 0.15) is 5.82 Å². The van der Waals surface area contributed by atoms with Gasteiger partial charge in [-0.25, -0.2) is 9.78 Å². The van der Waals surface area contributed by atoms with Gasteiger partial charge in [0.05, 0.1) is 5.69 Å². The van der Waals surface area contributed by atoms with Crippen LogP contribution in [0.1, 0.15) is 6.42 Å². The first-order valence-electron chi connectivity index (χ1n) is 5.75. The Bertz CT molecular complexity index is 570. The Balaban J connectivity index is 2.42. The van der Waals surface area contributed by atoms with Crippen molar-refractivity contribution in [3.63, 3.8) is 0 Å². The first-order chi connectivity index (χ1) is 8.86. The van der Waals surface area contributed by atoms with E-state index in [1.807, 2.05) is 29.0 Å². The molecular formula is C13H14N4O. The lowest BCUT2D eigenvalue weighted by Crippen LogP contribution is -2.06. The van der Waals surface area contributed by atoms with Crippen LogP contribution in [0.2, 0.25) is 0 Å². The number of carbonyl (C=O) groups excluding carboxylic acids is 1. The summed E-state index contributed by atoms with van der Waals surface area (Å²) in [6.45, 7) is 1.43. The van der Waals surface area contributed by atoms with E-state index >= 15 is 0 Å². The molecule has 0 saturated heterocycles. The van der Waals surface area contributed by atoms with Crippen LogP contribution in [0.5, 0.6) is 0 Å². The van der Waals surface area contributed by atoms with Crippen molar-refractivity contribution >= 4 is 11.8 Å². The molecule has 92 valence electrons. The van der Waals surface area contributed by atoms with Crippen molar-refractivity contribution in [3.8, 4) is 11.4 Å². The Morgan fingerprint density at radius 2 is 2.22 bits per heavy atom. The Kier molecular flexibility index (Phi) is 4.02. The van der Waals surface area contributed by atoms with E-state index in [-0.39, 0.29) is 0 Å². The number of isocyanates is 1. The fraction of sp³-hybridized carbons (Fsp3) is 0.231. The van der Waals surface area contributed by atoms with Gasteiger partial charge in [-0.05, 0) is 25.1 Å². The second kappa shape index (κ2) is 5.91. The average molecular weight is 242 g/mol. The molecular weight excluding hydrogens is 228 g/mol. The van der Waals surface area contributed by atoms with E-state index in [2.05, 4.69) is 9.98 Å². The van der Waals surface area contributed by atoms with Crippen LogP contribution in [0.15, 0.2) is 41.7 Å². The van der Waals surface area contributed by atoms with Crippen molar-refractivity contribution in [3.05, 3.63) is 36.7 Å². The molecule has 0 aliphatic heterocycles. The molecule has 1 heterocycles. The summed E-state index contributed by atoms with van der Waals surface area (Å²) in [4.78, 5) is 18.4. The Hall–Kier alpha value is -2.23. The minimum absolute atomic E-state index is 0.577. The molecule has 0 aliphatic rings. The first-order valence-corrected chi connectivity index (χ1v) is 5.75. The molecule has 0 radical (unpaired) electrons. The Labute approximate surface area is 105 Å². The largest absolute Gasteiger partial charge is 0.331 e. The summed E-state index contributed by atoms with van der Waals surface area (Å²) in [5, 5.41) is 0. The number of nitrogens with zero attached hydrogens (tertiary/aromatic N) is 3. The van der Waals surface area contributed by atoms with E-state index in [4.69, 9.17) is 5.73 Å². The number of nitrogens with two attached hydrogens (primary N) is 1. The van der Waals surface area contributed by atoms with Gasteiger partial charge in [-0.1, -0.05) is 12.1 Å². The normalized spacial score (nSPS) is 10.1. The van der Waals surface area contributed by atoms with Crippen LogP contribution in [0, 0.1) is 0 Å². The summed E-state index contributed by atoms with van der Waals surface area (Å²) in [6, 6.07) is 7.37. The molecule has 2 rings (SSSR count). The third-order valence-electron chi connectivity index (χ3n) is 2.63. The van der Waals surface area contributed by atoms with E-state index in [1.165, 1.54) is 0 Å². The fourth-order valence-corrected chi connectivity index (χ4v) is 1.80. The van der Waals surface area contributed by atoms with Crippen molar-refractivity contribution < 1.29 is 4.79 Å². The van der Waals surface area contributed by atoms with E-state index < -0.39 is 0 Å². The lowest BCUT2D eigenvalue weighted by Gasteiger charge is -2.08. The standard InChI is InChI=1S/C13H14N4O/c14-6-3-8-17-9-7-15-13(17)11-4-1-2-5-12(11)16-10-18/h1-2,4-5,7,9H,3,6,8,14H2. The van der Waals surface area contributed by atoms with Crippen molar-refractivity contribution in [1.82, 2.24) is 9.55 Å². The molecule has 18 heavy (non-hydrogen) atoms. The second-order valence-corrected chi connectivity index (χ2v) is 3.81. The molecule has 2 aromatic rings. The van der Waals surface area contributed by atoms with Crippen LogP contribution in [0.3, 0.4) is 0 Å². The SMILES string of the molecule is NCCCn1ccnc1-c1ccccc1N=C=O. The van der Waals surface area contributed by atoms with E-state index in [0.29, 0.717) is 12.2 Å². The highest BCUT2D eigenvalue weighted by atomic mass is 16.1. The predicted molar refractivity (Wildman–Crippen MR) is 69.1 cm³/mol. The minimum atomic E-state index is 0.577. The molecule has 0 spiro atoms. The Morgan fingerprint density at radius 3 is 3.00 bits per heavy atom. The molecule has 0 atom stereocenters. The summed E-state index contributed by atoms with van der Waals surface area (Å²) in [5.41, 5.74) is 6.91. The lowest BCUT2D eigenvalue weighted by molar-refractivity contribution is 0.565. The van der Waals surface area contributed by atoms with Gasteiger partial charge in [0.2, 0.25) is 6.08 Å². The molecule has 0 aliphatic carbocycles. The van der Waals surface area contributed by atoms with Crippen molar-refractivity contribution in [1.29, 1.82) is 0 Å². The molecule has 0 unspecified atom stereocenters. The molecule has 0 bridgehead atoms. The highest BCUT2D eigenvalue weighted by Gasteiger charge is 2.09. The smallest absolute Gasteiger partial charge is 0.240 e. The zero-order valence-electron chi connectivity index (χ0n) is 9.91. The van der Waals surface area contributed by atoms with E-state index in [0.717, 1.165) is 24.4 Å². The summed E-state index contributed by atoms with van der Waals surface area (Å²) in [6.07, 6.45) is 6.07. The third-order valence-corrected chi connectivity index (χ3v) is 2.63. The van der Waals surface area contributed by atoms with Crippen LogP contribution in [0.4, 0.5) is 5.69 Å². The fourth-order valence-electron chi connectivity index (χ4n) is 1.80. The number of aliphatic imine (C=N–C) groups is 1. The van der Waals surface area contributed by atoms with Gasteiger partial charge in [-0.2, -0.15) is 4.99 Å². The van der Waals surface area contributed by atoms with Gasteiger partial charge in [0.15, 0.2) is 0 Å². The van der Waals surface area contributed by atoms with Gasteiger partial charge in [-0.3, -0.25) is 0 Å². The van der Waals surface area contributed by atoms with Crippen LogP contribution in [0.25, 0.3) is 11.4 Å². The minimum Gasteiger partial charge on any atom is -0.331 e. The number of para-hydroxylation sites is 1. The molecule has 0 fully saturated rings. The van der Waals surface area contributed by atoms with Crippen LogP contribution in [-0.2, 0) is 11.3 Å². The van der Waals surface area contributed by atoms with Crippen molar-refractivity contribution in [2.75, 3.05) is 6.54 Å². The zero-order chi connectivity index (χ0) is 12.8. The Morgan fingerprint density at radius 1 is 1.39 bits per heavy atom. The number of hydrogen-bond acceptors (Lipinski definition) is 4. The van der Waals surface area contributed by atoms with Gasteiger partial charge in [-0.15, -0.1) is 0 Å². The van der Waals surface area contributed by atoms with Gasteiger partial charge in [0.25, 0.3) is 0 Å². The monoisotopic (exact) mass is 242 g/mol. The quantitative estimate of drug-likeness (QED) is 0.642. The highest BCUT2D eigenvalue weighted by molar-refractivity contribution is 5.73. The molecule has 1 aromatic carbocycles. The average Bonchev–Trinajstić information content (AvgIpc) is 2.85. The number of imidazole rings is 1. The second-order valence-electron chi connectivity index (χ2n) is 3.81. The molecule has 0 saturated carbocycles. The van der Waals surface area contributed by atoms with Crippen LogP contribution < -0.4 is 5.73 Å². The summed E-state index contributed by atoms with van der Waals surface area (Å²) in [5.74, 6) is 0.790. The third kappa shape index (κ3) is 2.53. The summed E-state index contributed by atoms with van der Waals surface area (Å²) >= 11 is 0. The van der Waals surface area contributed by atoms with Gasteiger partial charge in [0, 0.05) is 24.5 Å². The summed E-state index contributed by atoms with van der Waals surface area (Å²) < 4.78 is 2.01. The molecule has 5 nitrogen and oxygen atoms in total. The molecule has 1 aromatic heterocycles. The maximum Gasteiger partial charge on any atom is 0.240 e. The topological polar surface area (TPSA) is 73.3 Å². The molecule has 2 N–H and O–H groups in total. The maximum atomic E-state index is 10.4. The van der Waals surface area contributed by atoms with Crippen molar-refractivity contribution in [2.24, 2.45) is 10.7 Å². The van der Waals surface area contributed by atoms with Crippen molar-refractivity contribution in [2.45, 2.75) is 13.0 Å². The number of benzene rings is 1. The number of aromatic nitrogens is 2. The molecule has 5 heteroatoms. The lowest BCUT2D eigenvalue weighted by atomic mass is 10.1. The van der Waals surface area contributed by atoms with Crippen LogP contribution in [-0.4, -0.2) is 22.2 Å². The zero-order valence-corrected chi connectivity index (χ0v) is 9.91. The highest BCUT2D eigenvalue weighted by Crippen LogP contribution is 2.28. The van der Waals surface area contributed by atoms with Gasteiger partial charge >= 0.3 is 0 Å². The number of rotatable bonds is 5. The van der Waals surface area contributed by atoms with E-state index in [1.54, 1.807) is 18.3 Å². The van der Waals surface area contributed by atoms with Crippen LogP contribution >= 0.6 is 0 Å².